The van der Waals surface area contributed by atoms with Gasteiger partial charge in [0, 0.05) is 36.2 Å². The molecule has 2 rings (SSSR count). The Hall–Kier alpha value is -2.44. The zero-order chi connectivity index (χ0) is 21.1. The standard InChI is InChI=1S/C21H33N3O4/c1-13(2)22-19(25)17-12-24(20(26)23-21(3,4)5)11-16(17)15-10-14(27-6)8-9-18(15)28-7/h8-10,13,16-17H,11-12H2,1-7H3,(H,22,25)(H,23,26)/t16-,17+/m0/s1. The first-order valence-electron chi connectivity index (χ1n) is 9.65. The Morgan fingerprint density at radius 1 is 1.14 bits per heavy atom. The van der Waals surface area contributed by atoms with E-state index in [4.69, 9.17) is 9.47 Å². The molecule has 0 spiro atoms. The minimum Gasteiger partial charge on any atom is -0.497 e. The van der Waals surface area contributed by atoms with Crippen LogP contribution >= 0.6 is 0 Å². The van der Waals surface area contributed by atoms with Gasteiger partial charge in [-0.05, 0) is 52.8 Å². The maximum absolute atomic E-state index is 12.9. The summed E-state index contributed by atoms with van der Waals surface area (Å²) in [7, 11) is 3.21. The van der Waals surface area contributed by atoms with Gasteiger partial charge in [-0.3, -0.25) is 4.79 Å². The topological polar surface area (TPSA) is 79.9 Å². The summed E-state index contributed by atoms with van der Waals surface area (Å²) in [6.07, 6.45) is 0. The van der Waals surface area contributed by atoms with Crippen molar-refractivity contribution in [2.45, 2.75) is 52.1 Å². The molecule has 156 valence electrons. The van der Waals surface area contributed by atoms with Gasteiger partial charge in [-0.1, -0.05) is 0 Å². The molecule has 0 bridgehead atoms. The molecule has 0 saturated carbocycles. The Balaban J connectivity index is 2.38. The minimum absolute atomic E-state index is 0.0257. The van der Waals surface area contributed by atoms with E-state index in [9.17, 15) is 9.59 Å². The maximum atomic E-state index is 12.9. The zero-order valence-electron chi connectivity index (χ0n) is 18.0. The van der Waals surface area contributed by atoms with E-state index in [1.807, 2.05) is 52.8 Å². The summed E-state index contributed by atoms with van der Waals surface area (Å²) in [5, 5.41) is 5.97. The number of ether oxygens (including phenoxy) is 2. The van der Waals surface area contributed by atoms with E-state index < -0.39 is 0 Å². The van der Waals surface area contributed by atoms with Crippen LogP contribution in [0.4, 0.5) is 4.79 Å². The van der Waals surface area contributed by atoms with Crippen LogP contribution in [-0.4, -0.2) is 55.7 Å². The third kappa shape index (κ3) is 5.30. The fourth-order valence-electron chi connectivity index (χ4n) is 3.47. The second-order valence-corrected chi connectivity index (χ2v) is 8.57. The number of carbonyl (C=O) groups is 2. The molecule has 0 aromatic heterocycles. The van der Waals surface area contributed by atoms with E-state index in [-0.39, 0.29) is 35.4 Å². The highest BCUT2D eigenvalue weighted by Gasteiger charge is 2.42. The van der Waals surface area contributed by atoms with E-state index in [1.54, 1.807) is 19.1 Å². The van der Waals surface area contributed by atoms with Gasteiger partial charge < -0.3 is 25.0 Å². The van der Waals surface area contributed by atoms with Crippen LogP contribution in [0.2, 0.25) is 0 Å². The number of nitrogens with zero attached hydrogens (tertiary/aromatic N) is 1. The third-order valence-corrected chi connectivity index (χ3v) is 4.69. The number of carbonyl (C=O) groups excluding carboxylic acids is 2. The Labute approximate surface area is 167 Å². The predicted molar refractivity (Wildman–Crippen MR) is 109 cm³/mol. The zero-order valence-corrected chi connectivity index (χ0v) is 18.0. The van der Waals surface area contributed by atoms with E-state index in [0.29, 0.717) is 24.6 Å². The maximum Gasteiger partial charge on any atom is 0.317 e. The SMILES string of the molecule is COc1ccc(OC)c([C@@H]2CN(C(=O)NC(C)(C)C)C[C@H]2C(=O)NC(C)C)c1. The second kappa shape index (κ2) is 8.71. The van der Waals surface area contributed by atoms with Gasteiger partial charge in [0.15, 0.2) is 0 Å². The smallest absolute Gasteiger partial charge is 0.317 e. The second-order valence-electron chi connectivity index (χ2n) is 8.57. The van der Waals surface area contributed by atoms with Crippen LogP contribution in [0, 0.1) is 5.92 Å². The summed E-state index contributed by atoms with van der Waals surface area (Å²) in [5.74, 6) is 0.766. The lowest BCUT2D eigenvalue weighted by Gasteiger charge is -2.25. The van der Waals surface area contributed by atoms with Gasteiger partial charge in [0.2, 0.25) is 5.91 Å². The summed E-state index contributed by atoms with van der Waals surface area (Å²) in [4.78, 5) is 27.3. The van der Waals surface area contributed by atoms with Crippen molar-refractivity contribution in [1.29, 1.82) is 0 Å². The summed E-state index contributed by atoms with van der Waals surface area (Å²) >= 11 is 0. The minimum atomic E-state index is -0.367. The number of amides is 3. The lowest BCUT2D eigenvalue weighted by atomic mass is 9.87. The number of urea groups is 1. The molecule has 0 radical (unpaired) electrons. The molecule has 3 amide bonds. The summed E-state index contributed by atoms with van der Waals surface area (Å²) in [5.41, 5.74) is 0.523. The molecule has 1 heterocycles. The van der Waals surface area contributed by atoms with Crippen molar-refractivity contribution in [1.82, 2.24) is 15.5 Å². The van der Waals surface area contributed by atoms with Gasteiger partial charge in [-0.15, -0.1) is 0 Å². The molecule has 1 aliphatic heterocycles. The number of nitrogens with one attached hydrogen (secondary N) is 2. The highest BCUT2D eigenvalue weighted by atomic mass is 16.5. The van der Waals surface area contributed by atoms with Gasteiger partial charge in [-0.25, -0.2) is 4.79 Å². The van der Waals surface area contributed by atoms with Gasteiger partial charge in [-0.2, -0.15) is 0 Å². The number of benzene rings is 1. The average molecular weight is 392 g/mol. The first-order valence-corrected chi connectivity index (χ1v) is 9.65. The Kier molecular flexibility index (Phi) is 6.80. The Bertz CT molecular complexity index is 712. The highest BCUT2D eigenvalue weighted by molar-refractivity contribution is 5.83. The summed E-state index contributed by atoms with van der Waals surface area (Å²) in [6, 6.07) is 5.41. The van der Waals surface area contributed by atoms with Crippen LogP contribution < -0.4 is 20.1 Å². The predicted octanol–water partition coefficient (Wildman–Crippen LogP) is 2.75. The third-order valence-electron chi connectivity index (χ3n) is 4.69. The van der Waals surface area contributed by atoms with Crippen LogP contribution in [0.5, 0.6) is 11.5 Å². The number of hydrogen-bond acceptors (Lipinski definition) is 4. The molecule has 7 heteroatoms. The Morgan fingerprint density at radius 3 is 2.36 bits per heavy atom. The molecular formula is C21H33N3O4. The number of hydrogen-bond donors (Lipinski definition) is 2. The molecule has 1 saturated heterocycles. The molecule has 1 aliphatic rings. The fraction of sp³-hybridized carbons (Fsp3) is 0.619. The van der Waals surface area contributed by atoms with Gasteiger partial charge in [0.1, 0.15) is 11.5 Å². The van der Waals surface area contributed by atoms with E-state index in [1.165, 1.54) is 0 Å². The molecule has 0 aliphatic carbocycles. The van der Waals surface area contributed by atoms with Crippen molar-refractivity contribution >= 4 is 11.9 Å². The summed E-state index contributed by atoms with van der Waals surface area (Å²) in [6.45, 7) is 10.5. The summed E-state index contributed by atoms with van der Waals surface area (Å²) < 4.78 is 10.9. The number of methoxy groups -OCH3 is 2. The van der Waals surface area contributed by atoms with E-state index in [2.05, 4.69) is 10.6 Å². The van der Waals surface area contributed by atoms with Gasteiger partial charge in [0.05, 0.1) is 20.1 Å². The monoisotopic (exact) mass is 391 g/mol. The molecule has 0 unspecified atom stereocenters. The van der Waals surface area contributed by atoms with Crippen LogP contribution in [-0.2, 0) is 4.79 Å². The lowest BCUT2D eigenvalue weighted by Crippen LogP contribution is -2.48. The molecule has 2 atom stereocenters. The van der Waals surface area contributed by atoms with Crippen LogP contribution in [0.1, 0.15) is 46.1 Å². The van der Waals surface area contributed by atoms with Crippen molar-refractivity contribution in [3.63, 3.8) is 0 Å². The largest absolute Gasteiger partial charge is 0.497 e. The van der Waals surface area contributed by atoms with Crippen molar-refractivity contribution in [3.8, 4) is 11.5 Å². The van der Waals surface area contributed by atoms with Crippen LogP contribution in [0.15, 0.2) is 18.2 Å². The number of rotatable bonds is 5. The fourth-order valence-corrected chi connectivity index (χ4v) is 3.47. The molecule has 2 N–H and O–H groups in total. The van der Waals surface area contributed by atoms with Crippen molar-refractivity contribution < 1.29 is 19.1 Å². The van der Waals surface area contributed by atoms with Gasteiger partial charge in [0.25, 0.3) is 0 Å². The number of likely N-dealkylation sites (tertiary alicyclic amines) is 1. The first-order chi connectivity index (χ1) is 13.1. The lowest BCUT2D eigenvalue weighted by molar-refractivity contribution is -0.125. The quantitative estimate of drug-likeness (QED) is 0.809. The van der Waals surface area contributed by atoms with Gasteiger partial charge >= 0.3 is 6.03 Å². The molecule has 1 aromatic carbocycles. The average Bonchev–Trinajstić information content (AvgIpc) is 3.04. The Morgan fingerprint density at radius 2 is 1.82 bits per heavy atom. The van der Waals surface area contributed by atoms with Crippen molar-refractivity contribution in [2.75, 3.05) is 27.3 Å². The van der Waals surface area contributed by atoms with E-state index >= 15 is 0 Å². The molecule has 7 nitrogen and oxygen atoms in total. The molecule has 28 heavy (non-hydrogen) atoms. The van der Waals surface area contributed by atoms with Crippen LogP contribution in [0.25, 0.3) is 0 Å². The first kappa shape index (κ1) is 21.9. The van der Waals surface area contributed by atoms with Crippen molar-refractivity contribution in [2.24, 2.45) is 5.92 Å². The van der Waals surface area contributed by atoms with Crippen molar-refractivity contribution in [3.05, 3.63) is 23.8 Å². The normalized spacial score (nSPS) is 19.5. The highest BCUT2D eigenvalue weighted by Crippen LogP contribution is 2.39. The molecular weight excluding hydrogens is 358 g/mol. The molecule has 1 aromatic rings. The van der Waals surface area contributed by atoms with Crippen LogP contribution in [0.3, 0.4) is 0 Å². The molecule has 1 fully saturated rings. The van der Waals surface area contributed by atoms with E-state index in [0.717, 1.165) is 5.56 Å².